The van der Waals surface area contributed by atoms with Gasteiger partial charge in [0.2, 0.25) is 0 Å². The number of carbonyl (C=O) groups is 1. The monoisotopic (exact) mass is 273 g/mol. The summed E-state index contributed by atoms with van der Waals surface area (Å²) in [4.78, 5) is 11.4. The molecule has 1 aromatic carbocycles. The van der Waals surface area contributed by atoms with Gasteiger partial charge in [0, 0.05) is 0 Å². The zero-order valence-corrected chi connectivity index (χ0v) is 10.7. The van der Waals surface area contributed by atoms with E-state index in [0.29, 0.717) is 5.56 Å². The first-order valence-corrected chi connectivity index (χ1v) is 5.83. The van der Waals surface area contributed by atoms with Crippen LogP contribution in [0.5, 0.6) is 0 Å². The summed E-state index contributed by atoms with van der Waals surface area (Å²) >= 11 is 5.85. The maximum atomic E-state index is 11.4. The van der Waals surface area contributed by atoms with Crippen LogP contribution in [0.1, 0.15) is 28.4 Å². The van der Waals surface area contributed by atoms with E-state index in [2.05, 4.69) is 4.74 Å². The van der Waals surface area contributed by atoms with E-state index in [1.165, 1.54) is 19.2 Å². The summed E-state index contributed by atoms with van der Waals surface area (Å²) in [6.45, 7) is 0.260. The maximum Gasteiger partial charge on any atom is 0.339 e. The van der Waals surface area contributed by atoms with Crippen LogP contribution in [-0.4, -0.2) is 35.9 Å². The Morgan fingerprint density at radius 1 is 1.50 bits per heavy atom. The first kappa shape index (κ1) is 14.9. The fourth-order valence-corrected chi connectivity index (χ4v) is 1.74. The summed E-state index contributed by atoms with van der Waals surface area (Å²) in [6.07, 6.45) is -1.84. The zero-order chi connectivity index (χ0) is 13.7. The molecule has 2 atom stereocenters. The molecule has 100 valence electrons. The number of nitrogens with two attached hydrogens (primary N) is 1. The molecule has 0 radical (unpaired) electrons. The third kappa shape index (κ3) is 3.43. The van der Waals surface area contributed by atoms with Crippen molar-refractivity contribution in [3.63, 3.8) is 0 Å². The van der Waals surface area contributed by atoms with Crippen molar-refractivity contribution in [1.82, 2.24) is 0 Å². The first-order valence-electron chi connectivity index (χ1n) is 5.45. The molecule has 0 aromatic heterocycles. The number of aliphatic hydroxyl groups is 2. The van der Waals surface area contributed by atoms with Crippen molar-refractivity contribution < 1.29 is 19.7 Å². The average Bonchev–Trinajstić information content (AvgIpc) is 2.38. The minimum atomic E-state index is -1.12. The van der Waals surface area contributed by atoms with Gasteiger partial charge in [0.15, 0.2) is 0 Å². The molecule has 18 heavy (non-hydrogen) atoms. The van der Waals surface area contributed by atoms with Crippen LogP contribution >= 0.6 is 11.6 Å². The van der Waals surface area contributed by atoms with E-state index in [0.717, 1.165) is 0 Å². The lowest BCUT2D eigenvalue weighted by Crippen LogP contribution is -2.22. The summed E-state index contributed by atoms with van der Waals surface area (Å²) in [6, 6.07) is 4.42. The second kappa shape index (κ2) is 6.70. The zero-order valence-electron chi connectivity index (χ0n) is 9.97. The Morgan fingerprint density at radius 2 is 2.17 bits per heavy atom. The largest absolute Gasteiger partial charge is 0.465 e. The van der Waals surface area contributed by atoms with E-state index in [1.54, 1.807) is 6.07 Å². The highest BCUT2D eigenvalue weighted by Gasteiger charge is 2.20. The number of methoxy groups -OCH3 is 1. The van der Waals surface area contributed by atoms with Crippen molar-refractivity contribution in [1.29, 1.82) is 0 Å². The molecule has 0 amide bonds. The number of benzene rings is 1. The second-order valence-corrected chi connectivity index (χ2v) is 4.23. The van der Waals surface area contributed by atoms with Crippen molar-refractivity contribution in [2.75, 3.05) is 13.7 Å². The maximum absolute atomic E-state index is 11.4. The summed E-state index contributed by atoms with van der Waals surface area (Å²) < 4.78 is 4.57. The summed E-state index contributed by atoms with van der Waals surface area (Å²) in [7, 11) is 1.24. The minimum Gasteiger partial charge on any atom is -0.465 e. The van der Waals surface area contributed by atoms with Crippen molar-refractivity contribution in [3.8, 4) is 0 Å². The van der Waals surface area contributed by atoms with Gasteiger partial charge in [0.1, 0.15) is 6.10 Å². The average molecular weight is 274 g/mol. The van der Waals surface area contributed by atoms with Gasteiger partial charge in [-0.1, -0.05) is 17.7 Å². The molecule has 0 spiro atoms. The molecule has 1 rings (SSSR count). The van der Waals surface area contributed by atoms with Crippen molar-refractivity contribution in [2.45, 2.75) is 18.6 Å². The van der Waals surface area contributed by atoms with Gasteiger partial charge in [-0.15, -0.1) is 0 Å². The Bertz CT molecular complexity index is 425. The molecule has 0 saturated heterocycles. The van der Waals surface area contributed by atoms with Gasteiger partial charge < -0.3 is 20.7 Å². The molecule has 5 nitrogen and oxygen atoms in total. The molecule has 0 saturated carbocycles. The standard InChI is InChI=1S/C12H16ClNO4/c1-18-12(17)8-6-7(2-3-9(8)13)11(16)10(15)4-5-14/h2-3,6,10-11,15-16H,4-5,14H2,1H3. The fraction of sp³-hybridized carbons (Fsp3) is 0.417. The Morgan fingerprint density at radius 3 is 2.72 bits per heavy atom. The Hall–Kier alpha value is -1.14. The first-order chi connectivity index (χ1) is 8.51. The molecule has 2 unspecified atom stereocenters. The fourth-order valence-electron chi connectivity index (χ4n) is 1.54. The van der Waals surface area contributed by atoms with Crippen LogP contribution in [0.15, 0.2) is 18.2 Å². The lowest BCUT2D eigenvalue weighted by Gasteiger charge is -2.18. The third-order valence-corrected chi connectivity index (χ3v) is 2.89. The van der Waals surface area contributed by atoms with Crippen molar-refractivity contribution in [3.05, 3.63) is 34.3 Å². The van der Waals surface area contributed by atoms with Crippen LogP contribution in [0.4, 0.5) is 0 Å². The van der Waals surface area contributed by atoms with Crippen LogP contribution in [0.3, 0.4) is 0 Å². The van der Waals surface area contributed by atoms with Crippen molar-refractivity contribution >= 4 is 17.6 Å². The molecular weight excluding hydrogens is 258 g/mol. The lowest BCUT2D eigenvalue weighted by atomic mass is 10.00. The number of ether oxygens (including phenoxy) is 1. The predicted molar refractivity (Wildman–Crippen MR) is 67.4 cm³/mol. The second-order valence-electron chi connectivity index (χ2n) is 3.82. The van der Waals surface area contributed by atoms with Crippen LogP contribution in [0, 0.1) is 0 Å². The smallest absolute Gasteiger partial charge is 0.339 e. The van der Waals surface area contributed by atoms with Gasteiger partial charge in [-0.25, -0.2) is 4.79 Å². The summed E-state index contributed by atoms with van der Waals surface area (Å²) in [5, 5.41) is 19.8. The van der Waals surface area contributed by atoms with Gasteiger partial charge in [0.05, 0.1) is 23.8 Å². The Balaban J connectivity index is 3.00. The van der Waals surface area contributed by atoms with E-state index in [9.17, 15) is 15.0 Å². The van der Waals surface area contributed by atoms with Crippen LogP contribution in [-0.2, 0) is 4.74 Å². The molecule has 0 aliphatic carbocycles. The van der Waals surface area contributed by atoms with Gasteiger partial charge in [-0.3, -0.25) is 0 Å². The molecule has 4 N–H and O–H groups in total. The van der Waals surface area contributed by atoms with E-state index >= 15 is 0 Å². The van der Waals surface area contributed by atoms with Gasteiger partial charge in [-0.2, -0.15) is 0 Å². The number of carbonyl (C=O) groups excluding carboxylic acids is 1. The molecule has 0 fully saturated rings. The molecule has 0 heterocycles. The van der Waals surface area contributed by atoms with E-state index in [-0.39, 0.29) is 23.6 Å². The number of rotatable bonds is 5. The predicted octanol–water partition coefficient (Wildman–Crippen LogP) is 0.870. The van der Waals surface area contributed by atoms with E-state index < -0.39 is 18.2 Å². The van der Waals surface area contributed by atoms with Crippen LogP contribution in [0.25, 0.3) is 0 Å². The molecule has 0 aliphatic heterocycles. The van der Waals surface area contributed by atoms with Crippen LogP contribution in [0.2, 0.25) is 5.02 Å². The topological polar surface area (TPSA) is 92.8 Å². The van der Waals surface area contributed by atoms with Gasteiger partial charge in [0.25, 0.3) is 0 Å². The van der Waals surface area contributed by atoms with Crippen LogP contribution < -0.4 is 5.73 Å². The number of hydrogen-bond donors (Lipinski definition) is 3. The summed E-state index contributed by atoms with van der Waals surface area (Å²) in [5.74, 6) is -0.595. The highest BCUT2D eigenvalue weighted by Crippen LogP contribution is 2.24. The van der Waals surface area contributed by atoms with Gasteiger partial charge >= 0.3 is 5.97 Å². The van der Waals surface area contributed by atoms with Crippen molar-refractivity contribution in [2.24, 2.45) is 5.73 Å². The minimum absolute atomic E-state index is 0.149. The Kier molecular flexibility index (Phi) is 5.55. The van der Waals surface area contributed by atoms with E-state index in [1.807, 2.05) is 0 Å². The molecule has 6 heteroatoms. The number of halogens is 1. The molecule has 0 aliphatic rings. The molecule has 0 bridgehead atoms. The number of hydrogen-bond acceptors (Lipinski definition) is 5. The third-order valence-electron chi connectivity index (χ3n) is 2.56. The quantitative estimate of drug-likeness (QED) is 0.692. The highest BCUT2D eigenvalue weighted by atomic mass is 35.5. The highest BCUT2D eigenvalue weighted by molar-refractivity contribution is 6.33. The number of esters is 1. The molecular formula is C12H16ClNO4. The SMILES string of the molecule is COC(=O)c1cc(C(O)C(O)CCN)ccc1Cl. The Labute approximate surface area is 110 Å². The lowest BCUT2D eigenvalue weighted by molar-refractivity contribution is 0.0149. The number of aliphatic hydroxyl groups excluding tert-OH is 2. The van der Waals surface area contributed by atoms with E-state index in [4.69, 9.17) is 17.3 Å². The van der Waals surface area contributed by atoms with Gasteiger partial charge in [-0.05, 0) is 30.7 Å². The normalized spacial score (nSPS) is 14.1. The summed E-state index contributed by atoms with van der Waals surface area (Å²) in [5.41, 5.74) is 5.84. The molecule has 1 aromatic rings.